The van der Waals surface area contributed by atoms with E-state index in [-0.39, 0.29) is 5.91 Å². The highest BCUT2D eigenvalue weighted by atomic mass is 79.9. The summed E-state index contributed by atoms with van der Waals surface area (Å²) in [5.41, 5.74) is 0.527. The van der Waals surface area contributed by atoms with E-state index < -0.39 is 10.8 Å². The van der Waals surface area contributed by atoms with Crippen LogP contribution in [0.3, 0.4) is 0 Å². The van der Waals surface area contributed by atoms with Crippen LogP contribution in [0, 0.1) is 0 Å². The third-order valence-corrected chi connectivity index (χ3v) is 4.31. The van der Waals surface area contributed by atoms with E-state index in [4.69, 9.17) is 0 Å². The minimum Gasteiger partial charge on any atom is -0.351 e. The SMILES string of the molecule is CCS(=O)CCNC(=O)c1ccc(Br)cc1S. The fraction of sp³-hybridized carbons (Fsp3) is 0.364. The van der Waals surface area contributed by atoms with Gasteiger partial charge in [0.2, 0.25) is 0 Å². The van der Waals surface area contributed by atoms with Crippen LogP contribution in [0.25, 0.3) is 0 Å². The van der Waals surface area contributed by atoms with Crippen molar-refractivity contribution < 1.29 is 9.00 Å². The molecule has 1 rings (SSSR count). The van der Waals surface area contributed by atoms with E-state index in [1.165, 1.54) is 0 Å². The molecule has 3 nitrogen and oxygen atoms in total. The summed E-state index contributed by atoms with van der Waals surface area (Å²) in [6.07, 6.45) is 0. The van der Waals surface area contributed by atoms with Gasteiger partial charge in [-0.05, 0) is 18.2 Å². The second-order valence-corrected chi connectivity index (χ2v) is 6.61. The summed E-state index contributed by atoms with van der Waals surface area (Å²) < 4.78 is 12.1. The van der Waals surface area contributed by atoms with Crippen molar-refractivity contribution in [2.75, 3.05) is 18.1 Å². The molecule has 0 heterocycles. The Labute approximate surface area is 117 Å². The Kier molecular flexibility index (Phi) is 6.22. The molecule has 1 atom stereocenters. The van der Waals surface area contributed by atoms with Gasteiger partial charge in [0.1, 0.15) is 0 Å². The first-order valence-corrected chi connectivity index (χ1v) is 7.89. The summed E-state index contributed by atoms with van der Waals surface area (Å²) in [7, 11) is -0.850. The zero-order chi connectivity index (χ0) is 12.8. The lowest BCUT2D eigenvalue weighted by atomic mass is 10.2. The van der Waals surface area contributed by atoms with Gasteiger partial charge in [0, 0.05) is 38.2 Å². The van der Waals surface area contributed by atoms with Crippen molar-refractivity contribution in [2.24, 2.45) is 0 Å². The summed E-state index contributed by atoms with van der Waals surface area (Å²) in [4.78, 5) is 12.4. The largest absolute Gasteiger partial charge is 0.351 e. The lowest BCUT2D eigenvalue weighted by Gasteiger charge is -2.07. The Hall–Kier alpha value is -0.330. The Morgan fingerprint density at radius 1 is 1.53 bits per heavy atom. The number of hydrogen-bond donors (Lipinski definition) is 2. The molecule has 0 aromatic heterocycles. The maximum atomic E-state index is 11.8. The molecular formula is C11H14BrNO2S2. The van der Waals surface area contributed by atoms with Crippen LogP contribution in [0.1, 0.15) is 17.3 Å². The zero-order valence-electron chi connectivity index (χ0n) is 9.40. The van der Waals surface area contributed by atoms with E-state index in [9.17, 15) is 9.00 Å². The quantitative estimate of drug-likeness (QED) is 0.810. The summed E-state index contributed by atoms with van der Waals surface area (Å²) in [5, 5.41) is 2.73. The Morgan fingerprint density at radius 3 is 2.82 bits per heavy atom. The molecule has 0 aliphatic carbocycles. The molecule has 0 saturated heterocycles. The van der Waals surface area contributed by atoms with E-state index >= 15 is 0 Å². The van der Waals surface area contributed by atoms with Crippen molar-refractivity contribution in [2.45, 2.75) is 11.8 Å². The number of nitrogens with one attached hydrogen (secondary N) is 1. The molecule has 0 spiro atoms. The van der Waals surface area contributed by atoms with Crippen LogP contribution >= 0.6 is 28.6 Å². The molecule has 0 fully saturated rings. The van der Waals surface area contributed by atoms with Gasteiger partial charge in [-0.3, -0.25) is 9.00 Å². The van der Waals surface area contributed by atoms with Gasteiger partial charge in [-0.2, -0.15) is 0 Å². The summed E-state index contributed by atoms with van der Waals surface area (Å²) in [6, 6.07) is 5.26. The van der Waals surface area contributed by atoms with Gasteiger partial charge >= 0.3 is 0 Å². The predicted octanol–water partition coefficient (Wildman–Crippen LogP) is 2.24. The van der Waals surface area contributed by atoms with E-state index in [2.05, 4.69) is 33.9 Å². The fourth-order valence-electron chi connectivity index (χ4n) is 1.21. The number of hydrogen-bond acceptors (Lipinski definition) is 3. The van der Waals surface area contributed by atoms with Crippen LogP contribution < -0.4 is 5.32 Å². The highest BCUT2D eigenvalue weighted by Gasteiger charge is 2.09. The van der Waals surface area contributed by atoms with Crippen molar-refractivity contribution in [1.29, 1.82) is 0 Å². The van der Waals surface area contributed by atoms with Gasteiger partial charge in [-0.15, -0.1) is 12.6 Å². The molecule has 1 aromatic rings. The number of rotatable bonds is 5. The van der Waals surface area contributed by atoms with Gasteiger partial charge < -0.3 is 5.32 Å². The molecule has 0 bridgehead atoms. The number of amides is 1. The minimum atomic E-state index is -0.850. The molecule has 0 aliphatic rings. The van der Waals surface area contributed by atoms with Crippen molar-refractivity contribution in [3.05, 3.63) is 28.2 Å². The van der Waals surface area contributed by atoms with Crippen LogP contribution in [-0.2, 0) is 10.8 Å². The third-order valence-electron chi connectivity index (χ3n) is 2.14. The molecule has 1 amide bonds. The topological polar surface area (TPSA) is 46.2 Å². The van der Waals surface area contributed by atoms with Crippen LogP contribution in [0.15, 0.2) is 27.6 Å². The van der Waals surface area contributed by atoms with Crippen LogP contribution in [0.2, 0.25) is 0 Å². The van der Waals surface area contributed by atoms with Gasteiger partial charge in [0.05, 0.1) is 5.56 Å². The van der Waals surface area contributed by atoms with E-state index in [1.807, 2.05) is 6.92 Å². The van der Waals surface area contributed by atoms with Gasteiger partial charge in [0.15, 0.2) is 0 Å². The van der Waals surface area contributed by atoms with Crippen LogP contribution in [0.4, 0.5) is 0 Å². The molecule has 1 aromatic carbocycles. The Balaban J connectivity index is 2.55. The molecule has 6 heteroatoms. The second-order valence-electron chi connectivity index (χ2n) is 3.35. The van der Waals surface area contributed by atoms with Crippen molar-refractivity contribution in [3.8, 4) is 0 Å². The molecular weight excluding hydrogens is 322 g/mol. The molecule has 94 valence electrons. The van der Waals surface area contributed by atoms with Crippen LogP contribution in [-0.4, -0.2) is 28.2 Å². The number of carbonyl (C=O) groups is 1. The van der Waals surface area contributed by atoms with E-state index in [1.54, 1.807) is 18.2 Å². The fourth-order valence-corrected chi connectivity index (χ4v) is 2.69. The first-order chi connectivity index (χ1) is 8.04. The van der Waals surface area contributed by atoms with Crippen molar-refractivity contribution >= 4 is 45.3 Å². The van der Waals surface area contributed by atoms with Crippen molar-refractivity contribution in [1.82, 2.24) is 5.32 Å². The lowest BCUT2D eigenvalue weighted by Crippen LogP contribution is -2.28. The second kappa shape index (κ2) is 7.18. The average Bonchev–Trinajstić information content (AvgIpc) is 2.28. The highest BCUT2D eigenvalue weighted by Crippen LogP contribution is 2.19. The van der Waals surface area contributed by atoms with Crippen LogP contribution in [0.5, 0.6) is 0 Å². The lowest BCUT2D eigenvalue weighted by molar-refractivity contribution is 0.0953. The van der Waals surface area contributed by atoms with Crippen molar-refractivity contribution in [3.63, 3.8) is 0 Å². The normalized spacial score (nSPS) is 12.2. The Morgan fingerprint density at radius 2 is 2.24 bits per heavy atom. The standard InChI is InChI=1S/C11H14BrNO2S2/c1-2-17(15)6-5-13-11(14)9-4-3-8(12)7-10(9)16/h3-4,7,16H,2,5-6H2,1H3,(H,13,14). The monoisotopic (exact) mass is 335 g/mol. The first kappa shape index (κ1) is 14.7. The zero-order valence-corrected chi connectivity index (χ0v) is 12.7. The molecule has 0 radical (unpaired) electrons. The van der Waals surface area contributed by atoms with E-state index in [0.29, 0.717) is 28.5 Å². The van der Waals surface area contributed by atoms with Gasteiger partial charge in [0.25, 0.3) is 5.91 Å². The maximum absolute atomic E-state index is 11.8. The summed E-state index contributed by atoms with van der Waals surface area (Å²) in [6.45, 7) is 2.28. The highest BCUT2D eigenvalue weighted by molar-refractivity contribution is 9.10. The predicted molar refractivity (Wildman–Crippen MR) is 77.3 cm³/mol. The smallest absolute Gasteiger partial charge is 0.252 e. The molecule has 17 heavy (non-hydrogen) atoms. The van der Waals surface area contributed by atoms with Gasteiger partial charge in [-0.25, -0.2) is 0 Å². The number of carbonyl (C=O) groups excluding carboxylic acids is 1. The molecule has 0 aliphatic heterocycles. The number of benzene rings is 1. The molecule has 1 N–H and O–H groups in total. The average molecular weight is 336 g/mol. The Bertz CT molecular complexity index is 437. The number of thiol groups is 1. The summed E-state index contributed by atoms with van der Waals surface area (Å²) >= 11 is 7.54. The molecule has 1 unspecified atom stereocenters. The summed E-state index contributed by atoms with van der Waals surface area (Å²) in [5.74, 6) is 0.919. The minimum absolute atomic E-state index is 0.185. The number of halogens is 1. The third kappa shape index (κ3) is 4.81. The maximum Gasteiger partial charge on any atom is 0.252 e. The first-order valence-electron chi connectivity index (χ1n) is 5.16. The van der Waals surface area contributed by atoms with Gasteiger partial charge in [-0.1, -0.05) is 22.9 Å². The van der Waals surface area contributed by atoms with E-state index in [0.717, 1.165) is 4.47 Å². The molecule has 0 saturated carbocycles.